The lowest BCUT2D eigenvalue weighted by molar-refractivity contribution is -0.143. The van der Waals surface area contributed by atoms with Gasteiger partial charge >= 0.3 is 6.09 Å². The number of hydrogen-bond acceptors (Lipinski definition) is 4. The van der Waals surface area contributed by atoms with E-state index in [0.29, 0.717) is 13.0 Å². The maximum atomic E-state index is 14.4. The van der Waals surface area contributed by atoms with E-state index in [2.05, 4.69) is 24.5 Å². The van der Waals surface area contributed by atoms with Crippen LogP contribution in [0.5, 0.6) is 0 Å². The van der Waals surface area contributed by atoms with Gasteiger partial charge in [0.15, 0.2) is 0 Å². The Bertz CT molecular complexity index is 917. The first-order chi connectivity index (χ1) is 18.9. The van der Waals surface area contributed by atoms with Gasteiger partial charge in [0, 0.05) is 12.6 Å². The fourth-order valence-electron chi connectivity index (χ4n) is 5.35. The van der Waals surface area contributed by atoms with Crippen molar-refractivity contribution in [3.05, 3.63) is 35.4 Å². The number of amides is 3. The van der Waals surface area contributed by atoms with E-state index in [1.54, 1.807) is 25.7 Å². The van der Waals surface area contributed by atoms with E-state index in [1.807, 2.05) is 38.1 Å². The Hall–Kier alpha value is -2.57. The summed E-state index contributed by atoms with van der Waals surface area (Å²) in [6.07, 6.45) is 9.99. The second-order valence-electron chi connectivity index (χ2n) is 12.8. The van der Waals surface area contributed by atoms with Gasteiger partial charge in [-0.25, -0.2) is 4.79 Å². The minimum Gasteiger partial charge on any atom is -0.444 e. The van der Waals surface area contributed by atoms with Crippen LogP contribution in [0.15, 0.2) is 24.3 Å². The van der Waals surface area contributed by atoms with Crippen LogP contribution in [-0.2, 0) is 20.7 Å². The van der Waals surface area contributed by atoms with Crippen molar-refractivity contribution in [1.82, 2.24) is 15.5 Å². The van der Waals surface area contributed by atoms with Crippen LogP contribution in [0.3, 0.4) is 0 Å². The van der Waals surface area contributed by atoms with E-state index in [1.165, 1.54) is 12.0 Å². The number of aryl methyl sites for hydroxylation is 1. The molecule has 7 heteroatoms. The maximum Gasteiger partial charge on any atom is 0.408 e. The second kappa shape index (κ2) is 16.6. The van der Waals surface area contributed by atoms with E-state index in [-0.39, 0.29) is 23.8 Å². The molecule has 7 nitrogen and oxygen atoms in total. The molecular formula is C33H55N3O4. The Morgan fingerprint density at radius 2 is 1.62 bits per heavy atom. The highest BCUT2D eigenvalue weighted by atomic mass is 16.6. The Morgan fingerprint density at radius 3 is 2.17 bits per heavy atom. The van der Waals surface area contributed by atoms with Crippen LogP contribution in [0.1, 0.15) is 130 Å². The summed E-state index contributed by atoms with van der Waals surface area (Å²) in [6.45, 7) is 14.2. The van der Waals surface area contributed by atoms with E-state index in [0.717, 1.165) is 63.4 Å². The van der Waals surface area contributed by atoms with E-state index >= 15 is 0 Å². The average molecular weight is 558 g/mol. The first kappa shape index (κ1) is 33.6. The number of carbonyl (C=O) groups excluding carboxylic acids is 3. The molecule has 1 aromatic carbocycles. The zero-order chi connectivity index (χ0) is 29.7. The molecule has 2 N–H and O–H groups in total. The summed E-state index contributed by atoms with van der Waals surface area (Å²) in [6, 6.07) is 6.62. The van der Waals surface area contributed by atoms with Crippen LogP contribution in [0, 0.1) is 5.92 Å². The van der Waals surface area contributed by atoms with Gasteiger partial charge in [0.1, 0.15) is 17.7 Å². The molecule has 0 aromatic heterocycles. The van der Waals surface area contributed by atoms with Crippen molar-refractivity contribution in [1.29, 1.82) is 0 Å². The molecular weight excluding hydrogens is 502 g/mol. The second-order valence-corrected chi connectivity index (χ2v) is 12.8. The fraction of sp³-hybridized carbons (Fsp3) is 0.727. The average Bonchev–Trinajstić information content (AvgIpc) is 2.89. The number of ether oxygens (including phenoxy) is 1. The van der Waals surface area contributed by atoms with Crippen LogP contribution >= 0.6 is 0 Å². The summed E-state index contributed by atoms with van der Waals surface area (Å²) < 4.78 is 5.51. The van der Waals surface area contributed by atoms with Gasteiger partial charge in [0.05, 0.1) is 0 Å². The van der Waals surface area contributed by atoms with Gasteiger partial charge in [0.25, 0.3) is 0 Å². The largest absolute Gasteiger partial charge is 0.444 e. The Balaban J connectivity index is 2.47. The molecule has 0 bridgehead atoms. The molecule has 226 valence electrons. The quantitative estimate of drug-likeness (QED) is 0.239. The molecule has 40 heavy (non-hydrogen) atoms. The molecule has 0 spiro atoms. The highest BCUT2D eigenvalue weighted by molar-refractivity contribution is 5.92. The molecule has 2 atom stereocenters. The number of unbranched alkanes of at least 4 members (excludes halogenated alkanes) is 3. The van der Waals surface area contributed by atoms with Crippen molar-refractivity contribution in [2.24, 2.45) is 5.92 Å². The van der Waals surface area contributed by atoms with Crippen molar-refractivity contribution < 1.29 is 19.1 Å². The molecule has 2 unspecified atom stereocenters. The number of nitrogens with one attached hydrogen (secondary N) is 2. The summed E-state index contributed by atoms with van der Waals surface area (Å²) in [5, 5.41) is 6.14. The molecule has 1 fully saturated rings. The van der Waals surface area contributed by atoms with Gasteiger partial charge in [-0.3, -0.25) is 9.59 Å². The third-order valence-electron chi connectivity index (χ3n) is 7.45. The summed E-state index contributed by atoms with van der Waals surface area (Å²) in [5.41, 5.74) is 1.30. The minimum absolute atomic E-state index is 0.127. The first-order valence-corrected chi connectivity index (χ1v) is 15.6. The number of hydrogen-bond donors (Lipinski definition) is 2. The Morgan fingerprint density at radius 1 is 0.975 bits per heavy atom. The summed E-state index contributed by atoms with van der Waals surface area (Å²) in [7, 11) is 0. The molecule has 0 heterocycles. The lowest BCUT2D eigenvalue weighted by atomic mass is 9.94. The molecule has 0 aliphatic heterocycles. The van der Waals surface area contributed by atoms with E-state index < -0.39 is 23.8 Å². The predicted octanol–water partition coefficient (Wildman–Crippen LogP) is 7.09. The van der Waals surface area contributed by atoms with Gasteiger partial charge in [-0.2, -0.15) is 0 Å². The highest BCUT2D eigenvalue weighted by Crippen LogP contribution is 2.27. The lowest BCUT2D eigenvalue weighted by Crippen LogP contribution is -2.54. The fourth-order valence-corrected chi connectivity index (χ4v) is 5.35. The molecule has 1 aliphatic rings. The summed E-state index contributed by atoms with van der Waals surface area (Å²) in [5.74, 6) is -0.218. The van der Waals surface area contributed by atoms with Crippen LogP contribution in [0.4, 0.5) is 4.79 Å². The topological polar surface area (TPSA) is 87.7 Å². The maximum absolute atomic E-state index is 14.4. The van der Waals surface area contributed by atoms with Gasteiger partial charge < -0.3 is 20.3 Å². The third-order valence-corrected chi connectivity index (χ3v) is 7.45. The standard InChI is InChI=1S/C33H55N3O4/c1-8-10-11-15-22-36(31(38)28(23-24(3)4)35-32(39)40-33(5,6)7)29(26-20-18-25(9-2)19-21-26)30(37)34-27-16-13-12-14-17-27/h18-21,24,27-29H,8-17,22-23H2,1-7H3,(H,34,37)(H,35,39). The number of rotatable bonds is 14. The molecule has 3 amide bonds. The van der Waals surface area contributed by atoms with Crippen molar-refractivity contribution >= 4 is 17.9 Å². The Labute approximate surface area is 243 Å². The summed E-state index contributed by atoms with van der Waals surface area (Å²) in [4.78, 5) is 42.9. The molecule has 1 aromatic rings. The van der Waals surface area contributed by atoms with E-state index in [4.69, 9.17) is 4.74 Å². The SMILES string of the molecule is CCCCCCN(C(=O)C(CC(C)C)NC(=O)OC(C)(C)C)C(C(=O)NC1CCCCC1)c1ccc(CC)cc1. The van der Waals surface area contributed by atoms with Crippen molar-refractivity contribution in [3.8, 4) is 0 Å². The summed E-state index contributed by atoms with van der Waals surface area (Å²) >= 11 is 0. The number of carbonyl (C=O) groups is 3. The zero-order valence-electron chi connectivity index (χ0n) is 26.2. The number of benzene rings is 1. The molecule has 1 aliphatic carbocycles. The van der Waals surface area contributed by atoms with Crippen LogP contribution in [0.25, 0.3) is 0 Å². The molecule has 0 saturated heterocycles. The first-order valence-electron chi connectivity index (χ1n) is 15.6. The van der Waals surface area contributed by atoms with Gasteiger partial charge in [0.2, 0.25) is 11.8 Å². The third kappa shape index (κ3) is 11.5. The van der Waals surface area contributed by atoms with Gasteiger partial charge in [-0.1, -0.05) is 90.5 Å². The minimum atomic E-state index is -0.791. The van der Waals surface area contributed by atoms with Crippen molar-refractivity contribution in [2.75, 3.05) is 6.54 Å². The predicted molar refractivity (Wildman–Crippen MR) is 162 cm³/mol. The van der Waals surface area contributed by atoms with Crippen LogP contribution in [0.2, 0.25) is 0 Å². The van der Waals surface area contributed by atoms with E-state index in [9.17, 15) is 14.4 Å². The van der Waals surface area contributed by atoms with Crippen molar-refractivity contribution in [2.45, 2.75) is 143 Å². The van der Waals surface area contributed by atoms with Gasteiger partial charge in [-0.05, 0) is 69.9 Å². The molecule has 0 radical (unpaired) electrons. The van der Waals surface area contributed by atoms with Gasteiger partial charge in [-0.15, -0.1) is 0 Å². The van der Waals surface area contributed by atoms with Crippen molar-refractivity contribution in [3.63, 3.8) is 0 Å². The monoisotopic (exact) mass is 557 g/mol. The molecule has 2 rings (SSSR count). The number of nitrogens with zero attached hydrogens (tertiary/aromatic N) is 1. The normalized spacial score (nSPS) is 15.8. The smallest absolute Gasteiger partial charge is 0.408 e. The van der Waals surface area contributed by atoms with Crippen LogP contribution in [-0.4, -0.2) is 47.0 Å². The number of alkyl carbamates (subject to hydrolysis) is 1. The Kier molecular flexibility index (Phi) is 14.0. The zero-order valence-corrected chi connectivity index (χ0v) is 26.2. The molecule has 1 saturated carbocycles. The van der Waals surface area contributed by atoms with Crippen LogP contribution < -0.4 is 10.6 Å². The highest BCUT2D eigenvalue weighted by Gasteiger charge is 2.37. The lowest BCUT2D eigenvalue weighted by Gasteiger charge is -2.36.